The molecule has 138 valence electrons. The van der Waals surface area contributed by atoms with Crippen LogP contribution in [-0.4, -0.2) is 91.4 Å². The van der Waals surface area contributed by atoms with Gasteiger partial charge in [-0.25, -0.2) is 9.78 Å². The minimum Gasteiger partial charge on any atom is -0.633 e. The summed E-state index contributed by atoms with van der Waals surface area (Å²) < 4.78 is 15.7. The van der Waals surface area contributed by atoms with Crippen molar-refractivity contribution >= 4 is 11.9 Å². The molecule has 2 saturated heterocycles. The van der Waals surface area contributed by atoms with Crippen LogP contribution in [0.5, 0.6) is 5.88 Å². The van der Waals surface area contributed by atoms with E-state index in [0.717, 1.165) is 0 Å². The van der Waals surface area contributed by atoms with Crippen molar-refractivity contribution in [3.8, 4) is 5.88 Å². The number of aromatic carboxylic acids is 1. The Morgan fingerprint density at radius 1 is 1.24 bits per heavy atom. The molecule has 2 aliphatic rings. The zero-order valence-corrected chi connectivity index (χ0v) is 13.9. The van der Waals surface area contributed by atoms with Gasteiger partial charge in [0.25, 0.3) is 0 Å². The number of carbonyl (C=O) groups is 1. The number of nitrogens with zero attached hydrogens (tertiary/aromatic N) is 4. The molecule has 2 fully saturated rings. The van der Waals surface area contributed by atoms with E-state index < -0.39 is 5.97 Å². The van der Waals surface area contributed by atoms with Gasteiger partial charge < -0.3 is 34.1 Å². The van der Waals surface area contributed by atoms with E-state index in [9.17, 15) is 15.1 Å². The first-order valence-corrected chi connectivity index (χ1v) is 8.28. The maximum Gasteiger partial charge on any atom is 0.354 e. The van der Waals surface area contributed by atoms with Crippen LogP contribution in [0, 0.1) is 5.21 Å². The highest BCUT2D eigenvalue weighted by Gasteiger charge is 2.22. The summed E-state index contributed by atoms with van der Waals surface area (Å²) >= 11 is 0. The van der Waals surface area contributed by atoms with Crippen LogP contribution in [0.15, 0.2) is 6.07 Å². The number of hydrogen-bond acceptors (Lipinski definition) is 8. The summed E-state index contributed by atoms with van der Waals surface area (Å²) in [6.45, 7) is 4.35. The van der Waals surface area contributed by atoms with Crippen LogP contribution in [0.4, 0.5) is 5.95 Å². The molecule has 0 bridgehead atoms. The zero-order chi connectivity index (χ0) is 17.7. The van der Waals surface area contributed by atoms with Gasteiger partial charge in [0.05, 0.1) is 26.4 Å². The normalized spacial score (nSPS) is 20.3. The standard InChI is InChI=1S/C15H22N4O6/c20-14(21)12-11-13(17-15(16-12)18-1-6-23-7-2-18)25-10-5-19(22)3-8-24-9-4-19/h11H,1-10H2,(H,20,21). The van der Waals surface area contributed by atoms with Gasteiger partial charge in [0.1, 0.15) is 26.2 Å². The fraction of sp³-hybridized carbons (Fsp3) is 0.667. The molecule has 0 aromatic carbocycles. The Labute approximate surface area is 145 Å². The molecule has 3 rings (SSSR count). The third kappa shape index (κ3) is 4.75. The summed E-state index contributed by atoms with van der Waals surface area (Å²) in [5.74, 6) is -0.688. The monoisotopic (exact) mass is 354 g/mol. The van der Waals surface area contributed by atoms with E-state index in [0.29, 0.717) is 58.6 Å². The molecular weight excluding hydrogens is 332 g/mol. The van der Waals surface area contributed by atoms with E-state index in [-0.39, 0.29) is 29.4 Å². The number of quaternary nitrogens is 1. The van der Waals surface area contributed by atoms with Gasteiger partial charge in [-0.15, -0.1) is 0 Å². The summed E-state index contributed by atoms with van der Waals surface area (Å²) in [4.78, 5) is 21.5. The van der Waals surface area contributed by atoms with Crippen LogP contribution in [-0.2, 0) is 9.47 Å². The lowest BCUT2D eigenvalue weighted by Crippen LogP contribution is -2.52. The van der Waals surface area contributed by atoms with Crippen molar-refractivity contribution in [3.05, 3.63) is 17.0 Å². The molecule has 1 aromatic rings. The summed E-state index contributed by atoms with van der Waals surface area (Å²) in [5.41, 5.74) is -0.135. The largest absolute Gasteiger partial charge is 0.633 e. The average Bonchev–Trinajstić information content (AvgIpc) is 2.62. The van der Waals surface area contributed by atoms with Crippen LogP contribution in [0.1, 0.15) is 10.5 Å². The zero-order valence-electron chi connectivity index (χ0n) is 13.9. The molecule has 25 heavy (non-hydrogen) atoms. The number of hydrogen-bond donors (Lipinski definition) is 1. The topological polar surface area (TPSA) is 117 Å². The minimum absolute atomic E-state index is 0.135. The van der Waals surface area contributed by atoms with Crippen molar-refractivity contribution in [2.24, 2.45) is 0 Å². The number of carboxylic acids is 1. The molecule has 0 amide bonds. The molecule has 0 spiro atoms. The van der Waals surface area contributed by atoms with Gasteiger partial charge in [-0.2, -0.15) is 4.98 Å². The molecule has 10 nitrogen and oxygen atoms in total. The average molecular weight is 354 g/mol. The van der Waals surface area contributed by atoms with Crippen LogP contribution in [0.3, 0.4) is 0 Å². The van der Waals surface area contributed by atoms with Crippen LogP contribution >= 0.6 is 0 Å². The first-order chi connectivity index (χ1) is 12.1. The molecule has 0 unspecified atom stereocenters. The van der Waals surface area contributed by atoms with Gasteiger partial charge in [-0.1, -0.05) is 0 Å². The van der Waals surface area contributed by atoms with E-state index in [2.05, 4.69) is 9.97 Å². The highest BCUT2D eigenvalue weighted by molar-refractivity contribution is 5.86. The van der Waals surface area contributed by atoms with E-state index in [1.807, 2.05) is 4.90 Å². The number of anilines is 1. The fourth-order valence-corrected chi connectivity index (χ4v) is 2.72. The molecular formula is C15H22N4O6. The van der Waals surface area contributed by atoms with Gasteiger partial charge in [0.15, 0.2) is 5.69 Å². The quantitative estimate of drug-likeness (QED) is 0.544. The van der Waals surface area contributed by atoms with Gasteiger partial charge in [0, 0.05) is 19.2 Å². The number of ether oxygens (including phenoxy) is 3. The Bertz CT molecular complexity index is 602. The Morgan fingerprint density at radius 2 is 1.92 bits per heavy atom. The lowest BCUT2D eigenvalue weighted by Gasteiger charge is -2.44. The Morgan fingerprint density at radius 3 is 2.60 bits per heavy atom. The summed E-state index contributed by atoms with van der Waals surface area (Å²) in [6, 6.07) is 1.28. The van der Waals surface area contributed by atoms with Crippen molar-refractivity contribution in [1.29, 1.82) is 0 Å². The van der Waals surface area contributed by atoms with Crippen molar-refractivity contribution < 1.29 is 28.8 Å². The predicted octanol–water partition coefficient (Wildman–Crippen LogP) is -0.265. The second kappa shape index (κ2) is 7.91. The van der Waals surface area contributed by atoms with E-state index >= 15 is 0 Å². The van der Waals surface area contributed by atoms with Gasteiger partial charge in [-0.3, -0.25) is 0 Å². The first-order valence-electron chi connectivity index (χ1n) is 8.28. The summed E-state index contributed by atoms with van der Waals surface area (Å²) in [5, 5.41) is 21.7. The van der Waals surface area contributed by atoms with Crippen molar-refractivity contribution in [3.63, 3.8) is 0 Å². The second-order valence-corrected chi connectivity index (χ2v) is 5.99. The Kier molecular flexibility index (Phi) is 5.63. The fourth-order valence-electron chi connectivity index (χ4n) is 2.72. The third-order valence-corrected chi connectivity index (χ3v) is 4.24. The molecule has 0 aliphatic carbocycles. The third-order valence-electron chi connectivity index (χ3n) is 4.24. The van der Waals surface area contributed by atoms with Crippen LogP contribution < -0.4 is 9.64 Å². The highest BCUT2D eigenvalue weighted by Crippen LogP contribution is 2.18. The number of morpholine rings is 2. The van der Waals surface area contributed by atoms with Gasteiger partial charge in [0.2, 0.25) is 11.8 Å². The number of rotatable bonds is 6. The lowest BCUT2D eigenvalue weighted by molar-refractivity contribution is -0.888. The molecule has 1 aromatic heterocycles. The lowest BCUT2D eigenvalue weighted by atomic mass is 10.4. The summed E-state index contributed by atoms with van der Waals surface area (Å²) in [7, 11) is 0. The molecule has 0 radical (unpaired) electrons. The van der Waals surface area contributed by atoms with E-state index in [1.54, 1.807) is 0 Å². The van der Waals surface area contributed by atoms with Gasteiger partial charge >= 0.3 is 5.97 Å². The van der Waals surface area contributed by atoms with Crippen LogP contribution in [0.2, 0.25) is 0 Å². The number of carboxylic acid groups (broad SMARTS) is 1. The second-order valence-electron chi connectivity index (χ2n) is 5.99. The van der Waals surface area contributed by atoms with Crippen molar-refractivity contribution in [2.75, 3.05) is 70.7 Å². The molecule has 3 heterocycles. The Hall–Kier alpha value is -2.01. The van der Waals surface area contributed by atoms with Crippen molar-refractivity contribution in [2.45, 2.75) is 0 Å². The highest BCUT2D eigenvalue weighted by atomic mass is 16.6. The molecule has 2 aliphatic heterocycles. The molecule has 0 saturated carbocycles. The Balaban J connectivity index is 1.66. The smallest absolute Gasteiger partial charge is 0.354 e. The number of aromatic nitrogens is 2. The molecule has 1 N–H and O–H groups in total. The van der Waals surface area contributed by atoms with Crippen molar-refractivity contribution in [1.82, 2.24) is 9.97 Å². The molecule has 0 atom stereocenters. The summed E-state index contributed by atoms with van der Waals surface area (Å²) in [6.07, 6.45) is 0. The van der Waals surface area contributed by atoms with Crippen LogP contribution in [0.25, 0.3) is 0 Å². The first kappa shape index (κ1) is 17.8. The molecule has 10 heteroatoms. The maximum atomic E-state index is 12.4. The van der Waals surface area contributed by atoms with E-state index in [4.69, 9.17) is 14.2 Å². The predicted molar refractivity (Wildman–Crippen MR) is 86.6 cm³/mol. The number of hydroxylamine groups is 3. The SMILES string of the molecule is O=C(O)c1cc(OCC[N+]2([O-])CCOCC2)nc(N2CCOCC2)n1. The maximum absolute atomic E-state index is 12.4. The van der Waals surface area contributed by atoms with Gasteiger partial charge in [-0.05, 0) is 0 Å². The minimum atomic E-state index is -1.15. The van der Waals surface area contributed by atoms with E-state index in [1.165, 1.54) is 6.07 Å².